The van der Waals surface area contributed by atoms with Crippen LogP contribution in [0, 0.1) is 0 Å². The molecule has 0 saturated carbocycles. The van der Waals surface area contributed by atoms with Gasteiger partial charge in [0.2, 0.25) is 0 Å². The van der Waals surface area contributed by atoms with Gasteiger partial charge in [-0.15, -0.1) is 0 Å². The Balaban J connectivity index is 2.23. The first-order chi connectivity index (χ1) is 7.81. The normalized spacial score (nSPS) is 10.4. The number of aromatic nitrogens is 2. The van der Waals surface area contributed by atoms with E-state index in [-0.39, 0.29) is 0 Å². The topological polar surface area (TPSA) is 37.9 Å². The Morgan fingerprint density at radius 1 is 1.44 bits per heavy atom. The van der Waals surface area contributed by atoms with E-state index in [0.29, 0.717) is 0 Å². The number of hydrogen-bond acceptors (Lipinski definition) is 2. The van der Waals surface area contributed by atoms with Gasteiger partial charge in [0.1, 0.15) is 11.6 Å². The molecule has 1 aromatic carbocycles. The summed E-state index contributed by atoms with van der Waals surface area (Å²) in [5, 5.41) is 0. The molecule has 1 heterocycles. The van der Waals surface area contributed by atoms with Crippen molar-refractivity contribution in [3.05, 3.63) is 35.1 Å². The summed E-state index contributed by atoms with van der Waals surface area (Å²) in [6.07, 6.45) is 4.56. The van der Waals surface area contributed by atoms with Gasteiger partial charge in [0.05, 0.1) is 11.1 Å². The van der Waals surface area contributed by atoms with Crippen molar-refractivity contribution in [3.8, 4) is 17.1 Å². The third-order valence-electron chi connectivity index (χ3n) is 2.17. The summed E-state index contributed by atoms with van der Waals surface area (Å²) in [4.78, 5) is 7.27. The van der Waals surface area contributed by atoms with Gasteiger partial charge in [0.25, 0.3) is 0 Å². The quantitative estimate of drug-likeness (QED) is 0.929. The molecule has 0 radical (unpaired) electrons. The molecule has 1 N–H and O–H groups in total. The summed E-state index contributed by atoms with van der Waals surface area (Å²) in [6.45, 7) is 2.82. The second-order valence-corrected chi connectivity index (χ2v) is 4.29. The molecule has 0 fully saturated rings. The smallest absolute Gasteiger partial charge is 0.137 e. The minimum absolute atomic E-state index is 0.735. The van der Waals surface area contributed by atoms with Gasteiger partial charge in [0, 0.05) is 18.0 Å². The van der Waals surface area contributed by atoms with Crippen LogP contribution < -0.4 is 4.74 Å². The second-order valence-electron chi connectivity index (χ2n) is 3.43. The third kappa shape index (κ3) is 2.44. The Kier molecular flexibility index (Phi) is 3.62. The van der Waals surface area contributed by atoms with Crippen LogP contribution in [0.5, 0.6) is 5.75 Å². The fourth-order valence-corrected chi connectivity index (χ4v) is 1.89. The van der Waals surface area contributed by atoms with Gasteiger partial charge >= 0.3 is 0 Å². The number of rotatable bonds is 4. The highest BCUT2D eigenvalue weighted by Gasteiger charge is 2.05. The molecule has 1 aromatic heterocycles. The Bertz CT molecular complexity index is 454. The number of ether oxygens (including phenoxy) is 1. The van der Waals surface area contributed by atoms with Gasteiger partial charge in [-0.25, -0.2) is 4.98 Å². The van der Waals surface area contributed by atoms with E-state index in [4.69, 9.17) is 4.74 Å². The maximum atomic E-state index is 5.58. The fourth-order valence-electron chi connectivity index (χ4n) is 1.40. The average Bonchev–Trinajstić information content (AvgIpc) is 2.81. The van der Waals surface area contributed by atoms with E-state index in [1.807, 2.05) is 24.4 Å². The number of nitrogens with one attached hydrogen (secondary N) is 1. The molecule has 0 aliphatic rings. The van der Waals surface area contributed by atoms with Gasteiger partial charge < -0.3 is 9.72 Å². The van der Waals surface area contributed by atoms with Gasteiger partial charge in [-0.1, -0.05) is 6.92 Å². The van der Waals surface area contributed by atoms with Gasteiger partial charge in [-0.2, -0.15) is 0 Å². The second kappa shape index (κ2) is 5.16. The first kappa shape index (κ1) is 11.2. The number of hydrogen-bond donors (Lipinski definition) is 1. The molecule has 3 nitrogen and oxygen atoms in total. The van der Waals surface area contributed by atoms with Crippen LogP contribution in [0.3, 0.4) is 0 Å². The molecule has 0 unspecified atom stereocenters. The zero-order chi connectivity index (χ0) is 11.4. The molecule has 84 valence electrons. The number of nitrogens with zero attached hydrogens (tertiary/aromatic N) is 1. The van der Waals surface area contributed by atoms with E-state index in [0.717, 1.165) is 34.6 Å². The number of aromatic amines is 1. The molecular formula is C12H13BrN2O. The lowest BCUT2D eigenvalue weighted by molar-refractivity contribution is 0.315. The summed E-state index contributed by atoms with van der Waals surface area (Å²) >= 11 is 3.50. The molecule has 4 heteroatoms. The maximum Gasteiger partial charge on any atom is 0.137 e. The molecule has 0 saturated heterocycles. The molecule has 16 heavy (non-hydrogen) atoms. The van der Waals surface area contributed by atoms with E-state index in [2.05, 4.69) is 32.8 Å². The van der Waals surface area contributed by atoms with E-state index in [9.17, 15) is 0 Å². The van der Waals surface area contributed by atoms with Crippen LogP contribution >= 0.6 is 15.9 Å². The number of imidazole rings is 1. The van der Waals surface area contributed by atoms with Crippen LogP contribution in [0.15, 0.2) is 35.1 Å². The summed E-state index contributed by atoms with van der Waals surface area (Å²) in [5.74, 6) is 1.74. The standard InChI is InChI=1S/C12H13BrN2O/c1-2-7-16-11-4-3-9(8-10(11)13)12-14-5-6-15-12/h3-6,8H,2,7H2,1H3,(H,14,15). The van der Waals surface area contributed by atoms with E-state index in [1.54, 1.807) is 6.20 Å². The Morgan fingerprint density at radius 3 is 2.94 bits per heavy atom. The van der Waals surface area contributed by atoms with Crippen molar-refractivity contribution in [1.82, 2.24) is 9.97 Å². The van der Waals surface area contributed by atoms with Crippen molar-refractivity contribution in [2.24, 2.45) is 0 Å². The summed E-state index contributed by atoms with van der Waals surface area (Å²) < 4.78 is 6.53. The first-order valence-corrected chi connectivity index (χ1v) is 6.02. The van der Waals surface area contributed by atoms with Crippen LogP contribution in [-0.2, 0) is 0 Å². The van der Waals surface area contributed by atoms with Crippen molar-refractivity contribution in [3.63, 3.8) is 0 Å². The first-order valence-electron chi connectivity index (χ1n) is 5.23. The minimum Gasteiger partial charge on any atom is -0.492 e. The molecule has 0 aliphatic heterocycles. The molecular weight excluding hydrogens is 268 g/mol. The highest BCUT2D eigenvalue weighted by atomic mass is 79.9. The lowest BCUT2D eigenvalue weighted by atomic mass is 10.2. The van der Waals surface area contributed by atoms with Crippen LogP contribution in [0.1, 0.15) is 13.3 Å². The molecule has 2 rings (SSSR count). The molecule has 2 aromatic rings. The Hall–Kier alpha value is -1.29. The highest BCUT2D eigenvalue weighted by molar-refractivity contribution is 9.10. The highest BCUT2D eigenvalue weighted by Crippen LogP contribution is 2.29. The molecule has 0 amide bonds. The van der Waals surface area contributed by atoms with Crippen LogP contribution in [0.4, 0.5) is 0 Å². The van der Waals surface area contributed by atoms with Gasteiger partial charge in [-0.3, -0.25) is 0 Å². The summed E-state index contributed by atoms with van der Waals surface area (Å²) in [6, 6.07) is 5.95. The molecule has 0 spiro atoms. The predicted octanol–water partition coefficient (Wildman–Crippen LogP) is 3.63. The van der Waals surface area contributed by atoms with E-state index in [1.165, 1.54) is 0 Å². The van der Waals surface area contributed by atoms with Crippen LogP contribution in [0.25, 0.3) is 11.4 Å². The Morgan fingerprint density at radius 2 is 2.31 bits per heavy atom. The van der Waals surface area contributed by atoms with Gasteiger partial charge in [-0.05, 0) is 40.5 Å². The summed E-state index contributed by atoms with van der Waals surface area (Å²) in [7, 11) is 0. The fraction of sp³-hybridized carbons (Fsp3) is 0.250. The lowest BCUT2D eigenvalue weighted by Crippen LogP contribution is -1.95. The largest absolute Gasteiger partial charge is 0.492 e. The maximum absolute atomic E-state index is 5.58. The third-order valence-corrected chi connectivity index (χ3v) is 2.78. The average molecular weight is 281 g/mol. The summed E-state index contributed by atoms with van der Waals surface area (Å²) in [5.41, 5.74) is 1.04. The molecule has 0 bridgehead atoms. The van der Waals surface area contributed by atoms with Crippen molar-refractivity contribution < 1.29 is 4.74 Å². The number of H-pyrrole nitrogens is 1. The zero-order valence-electron chi connectivity index (χ0n) is 9.03. The van der Waals surface area contributed by atoms with Crippen molar-refractivity contribution in [1.29, 1.82) is 0 Å². The molecule has 0 atom stereocenters. The minimum atomic E-state index is 0.735. The van der Waals surface area contributed by atoms with Crippen LogP contribution in [0.2, 0.25) is 0 Å². The van der Waals surface area contributed by atoms with Crippen molar-refractivity contribution in [2.45, 2.75) is 13.3 Å². The van der Waals surface area contributed by atoms with E-state index >= 15 is 0 Å². The van der Waals surface area contributed by atoms with E-state index < -0.39 is 0 Å². The van der Waals surface area contributed by atoms with Gasteiger partial charge in [0.15, 0.2) is 0 Å². The monoisotopic (exact) mass is 280 g/mol. The number of benzene rings is 1. The van der Waals surface area contributed by atoms with Crippen LogP contribution in [-0.4, -0.2) is 16.6 Å². The van der Waals surface area contributed by atoms with Crippen molar-refractivity contribution in [2.75, 3.05) is 6.61 Å². The zero-order valence-corrected chi connectivity index (χ0v) is 10.6. The SMILES string of the molecule is CCCOc1ccc(-c2ncc[nH]2)cc1Br. The lowest BCUT2D eigenvalue weighted by Gasteiger charge is -2.07. The van der Waals surface area contributed by atoms with Crippen molar-refractivity contribution >= 4 is 15.9 Å². The predicted molar refractivity (Wildman–Crippen MR) is 67.5 cm³/mol. The Labute approximate surface area is 103 Å². The number of halogens is 1. The molecule has 0 aliphatic carbocycles.